The zero-order valence-corrected chi connectivity index (χ0v) is 26.9. The molecule has 0 bridgehead atoms. The third kappa shape index (κ3) is 7.19. The van der Waals surface area contributed by atoms with Crippen LogP contribution in [-0.2, 0) is 14.3 Å². The number of unbranched alkanes of at least 4 members (excludes halogenated alkanes) is 1. The first-order chi connectivity index (χ1) is 21.5. The molecule has 248 valence electrons. The molecule has 44 heavy (non-hydrogen) atoms. The molecule has 0 heterocycles. The quantitative estimate of drug-likeness (QED) is 0.207. The fourth-order valence-electron chi connectivity index (χ4n) is 11.6. The highest BCUT2D eigenvalue weighted by molar-refractivity contribution is 5.79. The number of aliphatic carboxylic acids is 1. The minimum atomic E-state index is -1.05. The summed E-state index contributed by atoms with van der Waals surface area (Å²) in [5.41, 5.74) is 0. The largest absolute Gasteiger partial charge is 0.480 e. The van der Waals surface area contributed by atoms with Gasteiger partial charge in [0.15, 0.2) is 0 Å². The van der Waals surface area contributed by atoms with E-state index in [1.807, 2.05) is 0 Å². The Bertz CT molecular complexity index is 946. The Morgan fingerprint density at radius 1 is 0.568 bits per heavy atom. The van der Waals surface area contributed by atoms with E-state index < -0.39 is 18.1 Å². The number of carbonyl (C=O) groups excluding carboxylic acids is 2. The molecule has 0 aliphatic heterocycles. The molecule has 6 aliphatic rings. The third-order valence-corrected chi connectivity index (χ3v) is 13.4. The number of carboxylic acid groups (broad SMARTS) is 1. The average Bonchev–Trinajstić information content (AvgIpc) is 3.54. The van der Waals surface area contributed by atoms with E-state index in [0.29, 0.717) is 62.7 Å². The number of rotatable bonds is 11. The Labute approximate surface area is 264 Å². The molecule has 0 aromatic rings. The molecule has 6 fully saturated rings. The lowest BCUT2D eigenvalue weighted by atomic mass is 9.73. The van der Waals surface area contributed by atoms with Crippen molar-refractivity contribution >= 4 is 18.2 Å². The van der Waals surface area contributed by atoms with Crippen molar-refractivity contribution in [3.05, 3.63) is 0 Å². The maximum atomic E-state index is 12.7. The van der Waals surface area contributed by atoms with E-state index in [9.17, 15) is 19.5 Å². The van der Waals surface area contributed by atoms with Crippen molar-refractivity contribution in [2.75, 3.05) is 19.8 Å². The first-order valence-corrected chi connectivity index (χ1v) is 18.6. The topological polar surface area (TPSA) is 114 Å². The monoisotopic (exact) mass is 614 g/mol. The van der Waals surface area contributed by atoms with Crippen molar-refractivity contribution in [2.45, 2.75) is 128 Å². The second-order valence-electron chi connectivity index (χ2n) is 15.4. The maximum Gasteiger partial charge on any atom is 0.407 e. The van der Waals surface area contributed by atoms with Gasteiger partial charge in [0.25, 0.3) is 0 Å². The molecule has 6 saturated carbocycles. The molecular formula is C36H58N2O6. The molecule has 2 amide bonds. The van der Waals surface area contributed by atoms with Crippen molar-refractivity contribution in [3.63, 3.8) is 0 Å². The molecule has 6 aliphatic carbocycles. The Morgan fingerprint density at radius 2 is 0.955 bits per heavy atom. The lowest BCUT2D eigenvalue weighted by Gasteiger charge is -2.32. The second-order valence-corrected chi connectivity index (χ2v) is 15.4. The lowest BCUT2D eigenvalue weighted by Crippen LogP contribution is -2.42. The summed E-state index contributed by atoms with van der Waals surface area (Å²) in [5, 5.41) is 15.2. The van der Waals surface area contributed by atoms with Gasteiger partial charge in [0, 0.05) is 6.54 Å². The van der Waals surface area contributed by atoms with Gasteiger partial charge in [-0.25, -0.2) is 14.4 Å². The summed E-state index contributed by atoms with van der Waals surface area (Å²) in [6.07, 6.45) is 21.5. The first-order valence-electron chi connectivity index (χ1n) is 18.6. The van der Waals surface area contributed by atoms with E-state index in [0.717, 1.165) is 35.5 Å². The molecule has 0 radical (unpaired) electrons. The fourth-order valence-corrected chi connectivity index (χ4v) is 11.6. The van der Waals surface area contributed by atoms with Crippen LogP contribution >= 0.6 is 0 Å². The van der Waals surface area contributed by atoms with Gasteiger partial charge in [-0.05, 0) is 130 Å². The Balaban J connectivity index is 0.880. The van der Waals surface area contributed by atoms with E-state index in [1.54, 1.807) is 0 Å². The molecular weight excluding hydrogens is 556 g/mol. The summed E-state index contributed by atoms with van der Waals surface area (Å²) in [4.78, 5) is 37.1. The molecule has 6 rings (SSSR count). The van der Waals surface area contributed by atoms with Gasteiger partial charge in [0.05, 0.1) is 13.2 Å². The van der Waals surface area contributed by atoms with Crippen molar-refractivity contribution in [1.29, 1.82) is 0 Å². The standard InChI is InChI=1S/C36H58N2O6/c39-34(40)33(38-36(42)44-22-32-29-17-7-3-13-25(29)26-14-4-8-18-30(26)32)19-9-10-20-37-35(41)43-21-31-27-15-5-1-11-23(27)24-12-2-6-16-28(24)31/h23-33H,1-22H2,(H,37,41)(H,38,42)(H,39,40). The number of fused-ring (bicyclic) bond motifs is 6. The molecule has 3 N–H and O–H groups in total. The van der Waals surface area contributed by atoms with Crippen molar-refractivity contribution < 1.29 is 29.0 Å². The highest BCUT2D eigenvalue weighted by Gasteiger charge is 2.52. The van der Waals surface area contributed by atoms with Gasteiger partial charge in [-0.1, -0.05) is 51.4 Å². The van der Waals surface area contributed by atoms with Gasteiger partial charge in [0.1, 0.15) is 6.04 Å². The van der Waals surface area contributed by atoms with Crippen LogP contribution in [0.1, 0.15) is 122 Å². The summed E-state index contributed by atoms with van der Waals surface area (Å²) in [6.45, 7) is 1.38. The molecule has 8 nitrogen and oxygen atoms in total. The third-order valence-electron chi connectivity index (χ3n) is 13.4. The molecule has 9 atom stereocenters. The number of hydrogen-bond donors (Lipinski definition) is 3. The minimum absolute atomic E-state index is 0.300. The van der Waals surface area contributed by atoms with Gasteiger partial charge in [0.2, 0.25) is 0 Å². The highest BCUT2D eigenvalue weighted by Crippen LogP contribution is 2.58. The summed E-state index contributed by atoms with van der Waals surface area (Å²) >= 11 is 0. The van der Waals surface area contributed by atoms with Gasteiger partial charge in [-0.3, -0.25) is 0 Å². The number of hydrogen-bond acceptors (Lipinski definition) is 5. The number of alkyl carbamates (subject to hydrolysis) is 2. The summed E-state index contributed by atoms with van der Waals surface area (Å²) < 4.78 is 11.5. The second kappa shape index (κ2) is 15.1. The van der Waals surface area contributed by atoms with Crippen LogP contribution in [0, 0.1) is 59.2 Å². The molecule has 0 saturated heterocycles. The Morgan fingerprint density at radius 3 is 1.36 bits per heavy atom. The normalized spacial score (nSPS) is 38.3. The van der Waals surface area contributed by atoms with E-state index >= 15 is 0 Å². The summed E-state index contributed by atoms with van der Waals surface area (Å²) in [7, 11) is 0. The van der Waals surface area contributed by atoms with Crippen LogP contribution in [-0.4, -0.2) is 49.1 Å². The van der Waals surface area contributed by atoms with E-state index in [1.165, 1.54) is 103 Å². The number of nitrogens with one attached hydrogen (secondary N) is 2. The predicted molar refractivity (Wildman–Crippen MR) is 168 cm³/mol. The van der Waals surface area contributed by atoms with Gasteiger partial charge in [-0.15, -0.1) is 0 Å². The van der Waals surface area contributed by atoms with Gasteiger partial charge >= 0.3 is 18.2 Å². The summed E-state index contributed by atoms with van der Waals surface area (Å²) in [5.74, 6) is 5.92. The molecule has 0 aromatic carbocycles. The average molecular weight is 615 g/mol. The maximum absolute atomic E-state index is 12.7. The summed E-state index contributed by atoms with van der Waals surface area (Å²) in [6, 6.07) is -0.989. The lowest BCUT2D eigenvalue weighted by molar-refractivity contribution is -0.139. The van der Waals surface area contributed by atoms with Crippen LogP contribution < -0.4 is 10.6 Å². The van der Waals surface area contributed by atoms with Gasteiger partial charge in [-0.2, -0.15) is 0 Å². The molecule has 8 heteroatoms. The van der Waals surface area contributed by atoms with Crippen molar-refractivity contribution in [3.8, 4) is 0 Å². The smallest absolute Gasteiger partial charge is 0.407 e. The highest BCUT2D eigenvalue weighted by atomic mass is 16.6. The zero-order chi connectivity index (χ0) is 30.5. The van der Waals surface area contributed by atoms with Crippen LogP contribution in [0.2, 0.25) is 0 Å². The number of carbonyl (C=O) groups is 3. The SMILES string of the molecule is O=C(NCCCCC(NC(=O)OCC1C2CCCCC2C2CCCCC21)C(=O)O)OCC1C2CCCCC2C2CCCCC21. The van der Waals surface area contributed by atoms with Gasteiger partial charge < -0.3 is 25.2 Å². The molecule has 0 aromatic heterocycles. The predicted octanol–water partition coefficient (Wildman–Crippen LogP) is 7.55. The van der Waals surface area contributed by atoms with Crippen LogP contribution in [0.5, 0.6) is 0 Å². The van der Waals surface area contributed by atoms with E-state index in [2.05, 4.69) is 10.6 Å². The van der Waals surface area contributed by atoms with Crippen molar-refractivity contribution in [1.82, 2.24) is 10.6 Å². The fraction of sp³-hybridized carbons (Fsp3) is 0.917. The van der Waals surface area contributed by atoms with E-state index in [4.69, 9.17) is 9.47 Å². The first kappa shape index (κ1) is 32.0. The van der Waals surface area contributed by atoms with Crippen LogP contribution in [0.3, 0.4) is 0 Å². The van der Waals surface area contributed by atoms with Crippen LogP contribution in [0.25, 0.3) is 0 Å². The Kier molecular flexibility index (Phi) is 10.9. The Hall–Kier alpha value is -1.99. The minimum Gasteiger partial charge on any atom is -0.480 e. The van der Waals surface area contributed by atoms with Crippen LogP contribution in [0.15, 0.2) is 0 Å². The van der Waals surface area contributed by atoms with Crippen molar-refractivity contribution in [2.24, 2.45) is 59.2 Å². The molecule has 0 spiro atoms. The van der Waals surface area contributed by atoms with Crippen LogP contribution in [0.4, 0.5) is 9.59 Å². The molecule has 9 unspecified atom stereocenters. The zero-order valence-electron chi connectivity index (χ0n) is 26.9. The number of amides is 2. The number of ether oxygens (including phenoxy) is 2. The van der Waals surface area contributed by atoms with E-state index in [-0.39, 0.29) is 6.09 Å². The number of carboxylic acids is 1.